The van der Waals surface area contributed by atoms with Gasteiger partial charge in [-0.2, -0.15) is 0 Å². The second-order valence-corrected chi connectivity index (χ2v) is 5.40. The van der Waals surface area contributed by atoms with E-state index in [-0.39, 0.29) is 11.7 Å². The molecule has 0 aliphatic carbocycles. The zero-order valence-corrected chi connectivity index (χ0v) is 11.8. The van der Waals surface area contributed by atoms with Crippen molar-refractivity contribution >= 4 is 22.8 Å². The fraction of sp³-hybridized carbons (Fsp3) is 0.375. The number of hydrogen-bond acceptors (Lipinski definition) is 3. The first-order chi connectivity index (χ1) is 10.1. The number of piperidine rings is 1. The van der Waals surface area contributed by atoms with Crippen molar-refractivity contribution in [2.75, 3.05) is 6.54 Å². The summed E-state index contributed by atoms with van der Waals surface area (Å²) in [5.74, 6) is -1.02. The average Bonchev–Trinajstić information content (AvgIpc) is 2.84. The number of para-hydroxylation sites is 1. The first-order valence-corrected chi connectivity index (χ1v) is 7.11. The number of benzene rings is 1. The number of nitrogens with zero attached hydrogens (tertiary/aromatic N) is 1. The van der Waals surface area contributed by atoms with Crippen LogP contribution in [0.5, 0.6) is 0 Å². The van der Waals surface area contributed by atoms with Crippen LogP contribution >= 0.6 is 0 Å². The molecule has 1 aromatic heterocycles. The minimum absolute atomic E-state index is 0.254. The maximum atomic E-state index is 12.7. The number of hydrogen-bond donors (Lipinski definition) is 1. The van der Waals surface area contributed by atoms with Gasteiger partial charge >= 0.3 is 5.97 Å². The summed E-state index contributed by atoms with van der Waals surface area (Å²) in [6.45, 7) is 2.30. The largest absolute Gasteiger partial charge is 0.480 e. The quantitative estimate of drug-likeness (QED) is 0.922. The van der Waals surface area contributed by atoms with Crippen LogP contribution in [-0.2, 0) is 4.79 Å². The highest BCUT2D eigenvalue weighted by Crippen LogP contribution is 2.28. The first-order valence-electron chi connectivity index (χ1n) is 7.11. The van der Waals surface area contributed by atoms with E-state index in [0.29, 0.717) is 18.5 Å². The second-order valence-electron chi connectivity index (χ2n) is 5.40. The Kier molecular flexibility index (Phi) is 3.41. The number of carbonyl (C=O) groups excluding carboxylic acids is 1. The number of aryl methyl sites for hydroxylation is 1. The number of rotatable bonds is 2. The molecule has 1 aliphatic heterocycles. The molecule has 0 unspecified atom stereocenters. The SMILES string of the molecule is Cc1c(C(=O)N2CCCC[C@@H]2C(=O)O)oc2ccccc12. The third-order valence-corrected chi connectivity index (χ3v) is 4.09. The van der Waals surface area contributed by atoms with E-state index in [9.17, 15) is 14.7 Å². The lowest BCUT2D eigenvalue weighted by atomic mass is 10.0. The molecule has 0 radical (unpaired) electrons. The van der Waals surface area contributed by atoms with E-state index in [2.05, 4.69) is 0 Å². The van der Waals surface area contributed by atoms with Crippen molar-refractivity contribution in [1.29, 1.82) is 0 Å². The Labute approximate surface area is 122 Å². The van der Waals surface area contributed by atoms with Gasteiger partial charge in [0.1, 0.15) is 11.6 Å². The zero-order chi connectivity index (χ0) is 15.0. The monoisotopic (exact) mass is 287 g/mol. The number of carbonyl (C=O) groups is 2. The van der Waals surface area contributed by atoms with Gasteiger partial charge in [-0.1, -0.05) is 18.2 Å². The van der Waals surface area contributed by atoms with Gasteiger partial charge in [0.05, 0.1) is 0 Å². The highest BCUT2D eigenvalue weighted by Gasteiger charge is 2.34. The van der Waals surface area contributed by atoms with E-state index in [1.807, 2.05) is 31.2 Å². The van der Waals surface area contributed by atoms with Crippen LogP contribution in [0.1, 0.15) is 35.4 Å². The molecular formula is C16H17NO4. The van der Waals surface area contributed by atoms with Crippen LogP contribution < -0.4 is 0 Å². The Morgan fingerprint density at radius 2 is 2.05 bits per heavy atom. The average molecular weight is 287 g/mol. The molecule has 0 spiro atoms. The number of likely N-dealkylation sites (tertiary alicyclic amines) is 1. The molecule has 1 aliphatic rings. The van der Waals surface area contributed by atoms with Crippen molar-refractivity contribution in [3.05, 3.63) is 35.6 Å². The van der Waals surface area contributed by atoms with Gasteiger partial charge in [-0.25, -0.2) is 4.79 Å². The third-order valence-electron chi connectivity index (χ3n) is 4.09. The summed E-state index contributed by atoms with van der Waals surface area (Å²) >= 11 is 0. The van der Waals surface area contributed by atoms with Crippen molar-refractivity contribution < 1.29 is 19.1 Å². The van der Waals surface area contributed by atoms with Crippen molar-refractivity contribution in [2.45, 2.75) is 32.2 Å². The summed E-state index contributed by atoms with van der Waals surface area (Å²) in [5.41, 5.74) is 1.42. The molecule has 0 saturated carbocycles. The van der Waals surface area contributed by atoms with Gasteiger partial charge in [0.15, 0.2) is 5.76 Å². The molecule has 2 heterocycles. The molecule has 1 saturated heterocycles. The first kappa shape index (κ1) is 13.7. The molecule has 1 atom stereocenters. The summed E-state index contributed by atoms with van der Waals surface area (Å²) in [7, 11) is 0. The zero-order valence-electron chi connectivity index (χ0n) is 11.8. The highest BCUT2D eigenvalue weighted by molar-refractivity contribution is 6.00. The summed E-state index contributed by atoms with van der Waals surface area (Å²) in [6, 6.07) is 6.69. The molecule has 3 rings (SSSR count). The van der Waals surface area contributed by atoms with Crippen LogP contribution in [-0.4, -0.2) is 34.5 Å². The predicted molar refractivity (Wildman–Crippen MR) is 77.3 cm³/mol. The summed E-state index contributed by atoms with van der Waals surface area (Å²) in [6.07, 6.45) is 2.16. The fourth-order valence-corrected chi connectivity index (χ4v) is 2.94. The number of carboxylic acids is 1. The van der Waals surface area contributed by atoms with Gasteiger partial charge < -0.3 is 14.4 Å². The van der Waals surface area contributed by atoms with E-state index in [4.69, 9.17) is 4.42 Å². The number of carboxylic acid groups (broad SMARTS) is 1. The van der Waals surface area contributed by atoms with E-state index in [0.717, 1.165) is 23.8 Å². The summed E-state index contributed by atoms with van der Waals surface area (Å²) in [5, 5.41) is 10.2. The van der Waals surface area contributed by atoms with E-state index in [1.54, 1.807) is 0 Å². The van der Waals surface area contributed by atoms with E-state index >= 15 is 0 Å². The van der Waals surface area contributed by atoms with Crippen LogP contribution in [0.15, 0.2) is 28.7 Å². The van der Waals surface area contributed by atoms with Gasteiger partial charge in [0, 0.05) is 17.5 Å². The lowest BCUT2D eigenvalue weighted by molar-refractivity contribution is -0.143. The van der Waals surface area contributed by atoms with Gasteiger partial charge in [0.2, 0.25) is 0 Å². The van der Waals surface area contributed by atoms with Crippen molar-refractivity contribution in [3.63, 3.8) is 0 Å². The van der Waals surface area contributed by atoms with Crippen LogP contribution in [0, 0.1) is 6.92 Å². The van der Waals surface area contributed by atoms with Crippen LogP contribution in [0.25, 0.3) is 11.0 Å². The maximum Gasteiger partial charge on any atom is 0.326 e. The number of furan rings is 1. The topological polar surface area (TPSA) is 70.8 Å². The lowest BCUT2D eigenvalue weighted by Crippen LogP contribution is -2.48. The minimum Gasteiger partial charge on any atom is -0.480 e. The van der Waals surface area contributed by atoms with E-state index < -0.39 is 12.0 Å². The molecule has 21 heavy (non-hydrogen) atoms. The predicted octanol–water partition coefficient (Wildman–Crippen LogP) is 2.82. The molecule has 1 aromatic carbocycles. The van der Waals surface area contributed by atoms with Crippen LogP contribution in [0.4, 0.5) is 0 Å². The molecule has 2 aromatic rings. The van der Waals surface area contributed by atoms with Gasteiger partial charge in [-0.15, -0.1) is 0 Å². The molecule has 1 fully saturated rings. The van der Waals surface area contributed by atoms with Crippen LogP contribution in [0.2, 0.25) is 0 Å². The molecule has 1 amide bonds. The lowest BCUT2D eigenvalue weighted by Gasteiger charge is -2.32. The van der Waals surface area contributed by atoms with Crippen molar-refractivity contribution in [2.24, 2.45) is 0 Å². The van der Waals surface area contributed by atoms with Crippen LogP contribution in [0.3, 0.4) is 0 Å². The van der Waals surface area contributed by atoms with Gasteiger partial charge in [-0.3, -0.25) is 4.79 Å². The highest BCUT2D eigenvalue weighted by atomic mass is 16.4. The Morgan fingerprint density at radius 3 is 2.76 bits per heavy atom. The second kappa shape index (κ2) is 5.24. The van der Waals surface area contributed by atoms with Gasteiger partial charge in [0.25, 0.3) is 5.91 Å². The van der Waals surface area contributed by atoms with Crippen molar-refractivity contribution in [1.82, 2.24) is 4.90 Å². The summed E-state index contributed by atoms with van der Waals surface area (Å²) < 4.78 is 5.66. The standard InChI is InChI=1S/C16H17NO4/c1-10-11-6-2-3-8-13(11)21-14(10)15(18)17-9-5-4-7-12(17)16(19)20/h2-3,6,8,12H,4-5,7,9H2,1H3,(H,19,20)/t12-/m1/s1. The summed E-state index contributed by atoms with van der Waals surface area (Å²) in [4.78, 5) is 25.4. The molecular weight excluding hydrogens is 270 g/mol. The normalized spacial score (nSPS) is 18.9. The number of aliphatic carboxylic acids is 1. The Balaban J connectivity index is 1.99. The molecule has 5 heteroatoms. The fourth-order valence-electron chi connectivity index (χ4n) is 2.94. The molecule has 0 bridgehead atoms. The third kappa shape index (κ3) is 2.28. The molecule has 110 valence electrons. The van der Waals surface area contributed by atoms with Gasteiger partial charge in [-0.05, 0) is 32.3 Å². The molecule has 5 nitrogen and oxygen atoms in total. The number of fused-ring (bicyclic) bond motifs is 1. The Morgan fingerprint density at radius 1 is 1.29 bits per heavy atom. The smallest absolute Gasteiger partial charge is 0.326 e. The Hall–Kier alpha value is -2.30. The van der Waals surface area contributed by atoms with Crippen molar-refractivity contribution in [3.8, 4) is 0 Å². The maximum absolute atomic E-state index is 12.7. The van der Waals surface area contributed by atoms with E-state index in [1.165, 1.54) is 4.90 Å². The Bertz CT molecular complexity index is 703. The minimum atomic E-state index is -0.947. The number of amides is 1. The molecule has 1 N–H and O–H groups in total.